The van der Waals surface area contributed by atoms with Crippen LogP contribution >= 0.6 is 0 Å². The van der Waals surface area contributed by atoms with Crippen LogP contribution in [0.3, 0.4) is 0 Å². The number of ether oxygens (including phenoxy) is 1. The number of benzene rings is 2. The van der Waals surface area contributed by atoms with Crippen LogP contribution in [-0.2, 0) is 4.84 Å². The van der Waals surface area contributed by atoms with Crippen molar-refractivity contribution in [3.63, 3.8) is 0 Å². The normalized spacial score (nSPS) is 11.0. The van der Waals surface area contributed by atoms with E-state index in [0.717, 1.165) is 11.3 Å². The third-order valence-corrected chi connectivity index (χ3v) is 2.88. The van der Waals surface area contributed by atoms with Gasteiger partial charge in [0.05, 0.1) is 12.0 Å². The van der Waals surface area contributed by atoms with Crippen molar-refractivity contribution in [1.29, 1.82) is 0 Å². The summed E-state index contributed by atoms with van der Waals surface area (Å²) in [6, 6.07) is 13.5. The Hall–Kier alpha value is -2.89. The molecule has 0 fully saturated rings. The monoisotopic (exact) mass is 286 g/mol. The number of hydrogen-bond donors (Lipinski definition) is 0. The van der Waals surface area contributed by atoms with Crippen LogP contribution < -0.4 is 4.74 Å². The van der Waals surface area contributed by atoms with Crippen molar-refractivity contribution in [3.05, 3.63) is 69.8 Å². The van der Waals surface area contributed by atoms with Gasteiger partial charge in [-0.05, 0) is 24.3 Å². The fraction of sp³-hybridized carbons (Fsp3) is 0.133. The molecule has 0 saturated carbocycles. The standard InChI is InChI=1S/C15H14N2O4/c1-20-14-8-6-11(7-9-14)15(16-21-2)12-4-3-5-13(10-12)17(18)19/h3-10H,1-2H3/b16-15+. The van der Waals surface area contributed by atoms with Gasteiger partial charge in [-0.15, -0.1) is 0 Å². The third kappa shape index (κ3) is 3.36. The van der Waals surface area contributed by atoms with Crippen LogP contribution in [0.4, 0.5) is 5.69 Å². The third-order valence-electron chi connectivity index (χ3n) is 2.88. The van der Waals surface area contributed by atoms with Gasteiger partial charge in [0, 0.05) is 23.3 Å². The Morgan fingerprint density at radius 3 is 2.38 bits per heavy atom. The van der Waals surface area contributed by atoms with Gasteiger partial charge in [0.2, 0.25) is 0 Å². The maximum Gasteiger partial charge on any atom is 0.270 e. The Bertz CT molecular complexity index is 666. The number of methoxy groups -OCH3 is 1. The predicted octanol–water partition coefficient (Wildman–Crippen LogP) is 3.00. The van der Waals surface area contributed by atoms with Crippen molar-refractivity contribution in [1.82, 2.24) is 0 Å². The number of rotatable bonds is 5. The van der Waals surface area contributed by atoms with Crippen LogP contribution in [0.2, 0.25) is 0 Å². The quantitative estimate of drug-likeness (QED) is 0.481. The molecule has 2 aromatic rings. The number of oxime groups is 1. The van der Waals surface area contributed by atoms with Gasteiger partial charge in [-0.1, -0.05) is 17.3 Å². The van der Waals surface area contributed by atoms with Crippen LogP contribution in [0.5, 0.6) is 5.75 Å². The molecule has 0 atom stereocenters. The summed E-state index contributed by atoms with van der Waals surface area (Å²) in [5, 5.41) is 14.8. The Labute approximate surface area is 121 Å². The summed E-state index contributed by atoms with van der Waals surface area (Å²) in [5.74, 6) is 0.717. The van der Waals surface area contributed by atoms with E-state index in [2.05, 4.69) is 5.16 Å². The molecule has 0 amide bonds. The molecule has 0 unspecified atom stereocenters. The molecule has 21 heavy (non-hydrogen) atoms. The lowest BCUT2D eigenvalue weighted by Crippen LogP contribution is -2.04. The van der Waals surface area contributed by atoms with Crippen LogP contribution in [0, 0.1) is 10.1 Å². The van der Waals surface area contributed by atoms with Crippen molar-refractivity contribution in [2.45, 2.75) is 0 Å². The number of hydrogen-bond acceptors (Lipinski definition) is 5. The van der Waals surface area contributed by atoms with Gasteiger partial charge in [0.25, 0.3) is 5.69 Å². The fourth-order valence-corrected chi connectivity index (χ4v) is 1.88. The minimum absolute atomic E-state index is 0.00446. The van der Waals surface area contributed by atoms with E-state index >= 15 is 0 Å². The average molecular weight is 286 g/mol. The lowest BCUT2D eigenvalue weighted by atomic mass is 10.0. The van der Waals surface area contributed by atoms with E-state index in [4.69, 9.17) is 9.57 Å². The first-order valence-electron chi connectivity index (χ1n) is 6.16. The summed E-state index contributed by atoms with van der Waals surface area (Å²) in [6.07, 6.45) is 0. The molecular weight excluding hydrogens is 272 g/mol. The zero-order valence-corrected chi connectivity index (χ0v) is 11.6. The number of nitro benzene ring substituents is 1. The lowest BCUT2D eigenvalue weighted by molar-refractivity contribution is -0.384. The summed E-state index contributed by atoms with van der Waals surface area (Å²) >= 11 is 0. The predicted molar refractivity (Wildman–Crippen MR) is 78.7 cm³/mol. The molecule has 0 spiro atoms. The summed E-state index contributed by atoms with van der Waals surface area (Å²) in [5.41, 5.74) is 1.91. The van der Waals surface area contributed by atoms with Gasteiger partial charge in [-0.2, -0.15) is 0 Å². The minimum atomic E-state index is -0.443. The molecular formula is C15H14N2O4. The Kier molecular flexibility index (Phi) is 4.50. The van der Waals surface area contributed by atoms with E-state index in [1.54, 1.807) is 31.4 Å². The van der Waals surface area contributed by atoms with E-state index in [-0.39, 0.29) is 5.69 Å². The zero-order valence-electron chi connectivity index (χ0n) is 11.6. The molecule has 0 aliphatic carbocycles. The molecule has 0 saturated heterocycles. The van der Waals surface area contributed by atoms with Gasteiger partial charge >= 0.3 is 0 Å². The van der Waals surface area contributed by atoms with E-state index in [1.165, 1.54) is 19.2 Å². The maximum atomic E-state index is 10.9. The second-order valence-electron chi connectivity index (χ2n) is 4.16. The number of nitro groups is 1. The minimum Gasteiger partial charge on any atom is -0.497 e. The molecule has 0 aliphatic rings. The molecule has 6 heteroatoms. The topological polar surface area (TPSA) is 74.0 Å². The summed E-state index contributed by atoms with van der Waals surface area (Å²) in [4.78, 5) is 15.3. The first-order valence-corrected chi connectivity index (χ1v) is 6.16. The second kappa shape index (κ2) is 6.51. The van der Waals surface area contributed by atoms with Crippen LogP contribution in [0.15, 0.2) is 53.7 Å². The Balaban J connectivity index is 2.45. The molecule has 6 nitrogen and oxygen atoms in total. The van der Waals surface area contributed by atoms with Crippen LogP contribution in [-0.4, -0.2) is 24.9 Å². The first-order chi connectivity index (χ1) is 10.2. The largest absolute Gasteiger partial charge is 0.497 e. The molecule has 0 radical (unpaired) electrons. The highest BCUT2D eigenvalue weighted by Gasteiger charge is 2.12. The highest BCUT2D eigenvalue weighted by Crippen LogP contribution is 2.19. The van der Waals surface area contributed by atoms with Crippen molar-refractivity contribution >= 4 is 11.4 Å². The van der Waals surface area contributed by atoms with Gasteiger partial charge in [-0.3, -0.25) is 10.1 Å². The molecule has 0 N–H and O–H groups in total. The maximum absolute atomic E-state index is 10.9. The SMILES string of the molecule is CO/N=C(\c1ccc(OC)cc1)c1cccc([N+](=O)[O-])c1. The molecule has 2 aromatic carbocycles. The van der Waals surface area contributed by atoms with Crippen molar-refractivity contribution < 1.29 is 14.5 Å². The molecule has 0 aliphatic heterocycles. The van der Waals surface area contributed by atoms with Gasteiger partial charge in [0.15, 0.2) is 0 Å². The zero-order chi connectivity index (χ0) is 15.2. The Morgan fingerprint density at radius 2 is 1.81 bits per heavy atom. The lowest BCUT2D eigenvalue weighted by Gasteiger charge is -2.07. The highest BCUT2D eigenvalue weighted by atomic mass is 16.6. The molecule has 0 aromatic heterocycles. The van der Waals surface area contributed by atoms with Gasteiger partial charge in [0.1, 0.15) is 18.6 Å². The summed E-state index contributed by atoms with van der Waals surface area (Å²) in [6.45, 7) is 0. The van der Waals surface area contributed by atoms with Crippen molar-refractivity contribution in [2.24, 2.45) is 5.16 Å². The van der Waals surface area contributed by atoms with E-state index in [1.807, 2.05) is 12.1 Å². The van der Waals surface area contributed by atoms with Crippen LogP contribution in [0.25, 0.3) is 0 Å². The summed E-state index contributed by atoms with van der Waals surface area (Å²) < 4.78 is 5.10. The Morgan fingerprint density at radius 1 is 1.10 bits per heavy atom. The van der Waals surface area contributed by atoms with Gasteiger partial charge < -0.3 is 9.57 Å². The first kappa shape index (κ1) is 14.5. The average Bonchev–Trinajstić information content (AvgIpc) is 2.53. The highest BCUT2D eigenvalue weighted by molar-refractivity contribution is 6.12. The second-order valence-corrected chi connectivity index (χ2v) is 4.16. The molecule has 0 heterocycles. The van der Waals surface area contributed by atoms with E-state index in [0.29, 0.717) is 11.3 Å². The van der Waals surface area contributed by atoms with E-state index < -0.39 is 4.92 Å². The summed E-state index contributed by atoms with van der Waals surface area (Å²) in [7, 11) is 3.01. The number of non-ortho nitro benzene ring substituents is 1. The van der Waals surface area contributed by atoms with Crippen molar-refractivity contribution in [2.75, 3.05) is 14.2 Å². The molecule has 2 rings (SSSR count). The van der Waals surface area contributed by atoms with Crippen molar-refractivity contribution in [3.8, 4) is 5.75 Å². The number of nitrogens with zero attached hydrogens (tertiary/aromatic N) is 2. The van der Waals surface area contributed by atoms with Crippen LogP contribution in [0.1, 0.15) is 11.1 Å². The molecule has 0 bridgehead atoms. The van der Waals surface area contributed by atoms with Gasteiger partial charge in [-0.25, -0.2) is 0 Å². The molecule has 108 valence electrons. The smallest absolute Gasteiger partial charge is 0.270 e. The fourth-order valence-electron chi connectivity index (χ4n) is 1.88. The van der Waals surface area contributed by atoms with E-state index in [9.17, 15) is 10.1 Å².